The normalized spacial score (nSPS) is 10.3. The lowest BCUT2D eigenvalue weighted by atomic mass is 10.2. The average Bonchev–Trinajstić information content (AvgIpc) is 2.32. The van der Waals surface area contributed by atoms with E-state index >= 15 is 0 Å². The highest BCUT2D eigenvalue weighted by molar-refractivity contribution is 5.21. The van der Waals surface area contributed by atoms with Crippen LogP contribution in [0.2, 0.25) is 0 Å². The first kappa shape index (κ1) is 11.4. The topological polar surface area (TPSA) is 22.1 Å². The van der Waals surface area contributed by atoms with Crippen molar-refractivity contribution >= 4 is 0 Å². The van der Waals surface area contributed by atoms with E-state index in [0.29, 0.717) is 0 Å². The maximum atomic E-state index is 13.2. The summed E-state index contributed by atoms with van der Waals surface area (Å²) in [5.74, 6) is -2.06. The summed E-state index contributed by atoms with van der Waals surface area (Å²) in [7, 11) is 0. The Morgan fingerprint density at radius 3 is 2.71 bits per heavy atom. The van der Waals surface area contributed by atoms with Gasteiger partial charge in [-0.05, 0) is 30.3 Å². The Bertz CT molecular complexity index is 531. The van der Waals surface area contributed by atoms with Crippen molar-refractivity contribution in [2.24, 2.45) is 0 Å². The number of ether oxygens (including phenoxy) is 1. The first-order chi connectivity index (χ1) is 8.16. The Balaban J connectivity index is 2.12. The molecule has 88 valence electrons. The number of aromatic nitrogens is 1. The Kier molecular flexibility index (Phi) is 3.27. The summed E-state index contributed by atoms with van der Waals surface area (Å²) >= 11 is 0. The van der Waals surface area contributed by atoms with Crippen molar-refractivity contribution in [2.75, 3.05) is 0 Å². The van der Waals surface area contributed by atoms with E-state index in [9.17, 15) is 13.2 Å². The van der Waals surface area contributed by atoms with Crippen molar-refractivity contribution in [1.29, 1.82) is 0 Å². The predicted molar refractivity (Wildman–Crippen MR) is 54.9 cm³/mol. The van der Waals surface area contributed by atoms with Gasteiger partial charge in [-0.1, -0.05) is 0 Å². The molecule has 5 heteroatoms. The number of benzene rings is 1. The first-order valence-electron chi connectivity index (χ1n) is 4.84. The van der Waals surface area contributed by atoms with Crippen LogP contribution in [0.15, 0.2) is 36.5 Å². The second kappa shape index (κ2) is 4.86. The van der Waals surface area contributed by atoms with Crippen LogP contribution in [0.3, 0.4) is 0 Å². The molecule has 0 bridgehead atoms. The van der Waals surface area contributed by atoms with Gasteiger partial charge in [-0.25, -0.2) is 13.8 Å². The van der Waals surface area contributed by atoms with E-state index in [2.05, 4.69) is 4.98 Å². The second-order valence-electron chi connectivity index (χ2n) is 3.32. The molecule has 0 radical (unpaired) electrons. The molecule has 2 rings (SSSR count). The minimum absolute atomic E-state index is 0.0215. The minimum atomic E-state index is -0.788. The van der Waals surface area contributed by atoms with Crippen LogP contribution in [-0.2, 0) is 6.61 Å². The molecular formula is C12H8F3NO. The van der Waals surface area contributed by atoms with E-state index in [1.54, 1.807) is 0 Å². The van der Waals surface area contributed by atoms with E-state index < -0.39 is 17.6 Å². The number of hydrogen-bond donors (Lipinski definition) is 0. The summed E-state index contributed by atoms with van der Waals surface area (Å²) in [5, 5.41) is 0. The summed E-state index contributed by atoms with van der Waals surface area (Å²) in [6.07, 6.45) is 1.27. The van der Waals surface area contributed by atoms with E-state index in [4.69, 9.17) is 4.74 Å². The third-order valence-corrected chi connectivity index (χ3v) is 2.12. The summed E-state index contributed by atoms with van der Waals surface area (Å²) < 4.78 is 44.1. The quantitative estimate of drug-likeness (QED) is 0.768. The van der Waals surface area contributed by atoms with Gasteiger partial charge < -0.3 is 4.74 Å². The molecule has 0 N–H and O–H groups in total. The molecule has 0 aliphatic rings. The van der Waals surface area contributed by atoms with Crippen LogP contribution in [0.5, 0.6) is 5.75 Å². The van der Waals surface area contributed by atoms with Gasteiger partial charge in [0.1, 0.15) is 18.2 Å². The third kappa shape index (κ3) is 2.75. The molecule has 0 spiro atoms. The zero-order chi connectivity index (χ0) is 12.3. The lowest BCUT2D eigenvalue weighted by Gasteiger charge is -2.07. The van der Waals surface area contributed by atoms with Crippen LogP contribution in [0.1, 0.15) is 5.56 Å². The molecule has 0 atom stereocenters. The van der Waals surface area contributed by atoms with E-state index in [-0.39, 0.29) is 17.9 Å². The predicted octanol–water partition coefficient (Wildman–Crippen LogP) is 3.08. The molecule has 0 amide bonds. The molecule has 0 unspecified atom stereocenters. The van der Waals surface area contributed by atoms with Gasteiger partial charge in [0.2, 0.25) is 0 Å². The van der Waals surface area contributed by atoms with Gasteiger partial charge in [-0.15, -0.1) is 0 Å². The van der Waals surface area contributed by atoms with Crippen molar-refractivity contribution in [3.8, 4) is 5.75 Å². The van der Waals surface area contributed by atoms with E-state index in [0.717, 1.165) is 18.2 Å². The van der Waals surface area contributed by atoms with Gasteiger partial charge in [-0.3, -0.25) is 0 Å². The zero-order valence-electron chi connectivity index (χ0n) is 8.66. The van der Waals surface area contributed by atoms with Crippen LogP contribution in [0.25, 0.3) is 0 Å². The van der Waals surface area contributed by atoms with Crippen molar-refractivity contribution < 1.29 is 17.9 Å². The van der Waals surface area contributed by atoms with Gasteiger partial charge in [-0.2, -0.15) is 4.39 Å². The molecule has 1 aromatic heterocycles. The maximum Gasteiger partial charge on any atom is 0.255 e. The van der Waals surface area contributed by atoms with Crippen LogP contribution < -0.4 is 4.74 Å². The highest BCUT2D eigenvalue weighted by Gasteiger charge is 2.07. The maximum absolute atomic E-state index is 13.2. The lowest BCUT2D eigenvalue weighted by molar-refractivity contribution is 0.280. The number of hydrogen-bond acceptors (Lipinski definition) is 2. The standard InChI is InChI=1S/C12H8F3NO/c13-9-3-4-10(14)8(6-9)7-17-11-2-1-5-16-12(11)15/h1-6H,7H2. The smallest absolute Gasteiger partial charge is 0.255 e. The zero-order valence-corrected chi connectivity index (χ0v) is 8.66. The van der Waals surface area contributed by atoms with Crippen molar-refractivity contribution in [2.45, 2.75) is 6.61 Å². The molecule has 1 heterocycles. The monoisotopic (exact) mass is 239 g/mol. The Morgan fingerprint density at radius 1 is 1.12 bits per heavy atom. The van der Waals surface area contributed by atoms with Crippen molar-refractivity contribution in [3.63, 3.8) is 0 Å². The average molecular weight is 239 g/mol. The summed E-state index contributed by atoms with van der Waals surface area (Å²) in [6.45, 7) is -0.258. The number of halogens is 3. The van der Waals surface area contributed by atoms with E-state index in [1.165, 1.54) is 18.3 Å². The second-order valence-corrected chi connectivity index (χ2v) is 3.32. The first-order valence-corrected chi connectivity index (χ1v) is 4.84. The fourth-order valence-electron chi connectivity index (χ4n) is 1.29. The van der Waals surface area contributed by atoms with Crippen LogP contribution in [-0.4, -0.2) is 4.98 Å². The summed E-state index contributed by atoms with van der Waals surface area (Å²) in [6, 6.07) is 5.85. The van der Waals surface area contributed by atoms with Crippen LogP contribution >= 0.6 is 0 Å². The molecular weight excluding hydrogens is 231 g/mol. The molecule has 2 nitrogen and oxygen atoms in total. The third-order valence-electron chi connectivity index (χ3n) is 2.12. The largest absolute Gasteiger partial charge is 0.484 e. The Hall–Kier alpha value is -2.04. The fourth-order valence-corrected chi connectivity index (χ4v) is 1.29. The minimum Gasteiger partial charge on any atom is -0.484 e. The molecule has 0 saturated carbocycles. The van der Waals surface area contributed by atoms with Crippen molar-refractivity contribution in [1.82, 2.24) is 4.98 Å². The lowest BCUT2D eigenvalue weighted by Crippen LogP contribution is -2.01. The van der Waals surface area contributed by atoms with Crippen LogP contribution in [0, 0.1) is 17.6 Å². The van der Waals surface area contributed by atoms with Gasteiger partial charge in [0.05, 0.1) is 0 Å². The number of pyridine rings is 1. The van der Waals surface area contributed by atoms with Gasteiger partial charge >= 0.3 is 0 Å². The molecule has 0 aliphatic heterocycles. The van der Waals surface area contributed by atoms with Crippen molar-refractivity contribution in [3.05, 3.63) is 59.7 Å². The van der Waals surface area contributed by atoms with E-state index in [1.807, 2.05) is 0 Å². The SMILES string of the molecule is Fc1ccc(F)c(COc2cccnc2F)c1. The van der Waals surface area contributed by atoms with Gasteiger partial charge in [0, 0.05) is 11.8 Å². The highest BCUT2D eigenvalue weighted by atomic mass is 19.1. The fraction of sp³-hybridized carbons (Fsp3) is 0.0833. The molecule has 0 saturated heterocycles. The highest BCUT2D eigenvalue weighted by Crippen LogP contribution is 2.17. The summed E-state index contributed by atoms with van der Waals surface area (Å²) in [5.41, 5.74) is 0.0215. The van der Waals surface area contributed by atoms with Gasteiger partial charge in [0.25, 0.3) is 5.95 Å². The molecule has 17 heavy (non-hydrogen) atoms. The summed E-state index contributed by atoms with van der Waals surface area (Å²) in [4.78, 5) is 3.37. The Morgan fingerprint density at radius 2 is 1.94 bits per heavy atom. The molecule has 1 aromatic carbocycles. The molecule has 0 fully saturated rings. The van der Waals surface area contributed by atoms with Gasteiger partial charge in [0.15, 0.2) is 5.75 Å². The number of rotatable bonds is 3. The molecule has 2 aromatic rings. The van der Waals surface area contributed by atoms with Crippen LogP contribution in [0.4, 0.5) is 13.2 Å². The Labute approximate surface area is 95.7 Å². The number of nitrogens with zero attached hydrogens (tertiary/aromatic N) is 1. The molecule has 0 aliphatic carbocycles.